The second kappa shape index (κ2) is 5.28. The number of aromatic nitrogens is 1. The minimum atomic E-state index is -0.577. The maximum Gasteiger partial charge on any atom is 0.313 e. The molecule has 0 radical (unpaired) electrons. The molecule has 0 saturated carbocycles. The van der Waals surface area contributed by atoms with Crippen LogP contribution in [0, 0.1) is 5.41 Å². The van der Waals surface area contributed by atoms with Crippen molar-refractivity contribution >= 4 is 29.3 Å². The molecule has 1 saturated heterocycles. The van der Waals surface area contributed by atoms with E-state index in [1.807, 2.05) is 11.8 Å². The second-order valence-corrected chi connectivity index (χ2v) is 5.52. The average Bonchev–Trinajstić information content (AvgIpc) is 2.81. The van der Waals surface area contributed by atoms with E-state index in [9.17, 15) is 9.59 Å². The molecule has 1 aromatic heterocycles. The molecule has 1 fully saturated rings. The van der Waals surface area contributed by atoms with Crippen molar-refractivity contribution < 1.29 is 14.3 Å². The topological polar surface area (TPSA) is 85.5 Å². The fraction of sp³-hybridized carbons (Fsp3) is 0.462. The second-order valence-electron chi connectivity index (χ2n) is 5.12. The zero-order valence-electron chi connectivity index (χ0n) is 11.4. The van der Waals surface area contributed by atoms with Gasteiger partial charge in [-0.1, -0.05) is 11.6 Å². The molecule has 1 atom stereocenters. The molecule has 2 heterocycles. The average molecular weight is 298 g/mol. The molecule has 1 unspecified atom stereocenters. The summed E-state index contributed by atoms with van der Waals surface area (Å²) in [5, 5.41) is 0.343. The number of primary amides is 1. The van der Waals surface area contributed by atoms with Gasteiger partial charge in [0, 0.05) is 19.3 Å². The van der Waals surface area contributed by atoms with Crippen molar-refractivity contribution in [1.29, 1.82) is 0 Å². The lowest BCUT2D eigenvalue weighted by molar-refractivity contribution is -0.150. The summed E-state index contributed by atoms with van der Waals surface area (Å²) >= 11 is 6.13. The number of esters is 1. The third kappa shape index (κ3) is 2.56. The van der Waals surface area contributed by atoms with Crippen LogP contribution in [0.25, 0.3) is 0 Å². The number of methoxy groups -OCH3 is 1. The van der Waals surface area contributed by atoms with Gasteiger partial charge in [0.15, 0.2) is 0 Å². The molecule has 2 rings (SSSR count). The number of carbonyl (C=O) groups excluding carboxylic acids is 2. The number of hydrogen-bond acceptors (Lipinski definition) is 5. The van der Waals surface area contributed by atoms with E-state index in [1.54, 1.807) is 0 Å². The highest BCUT2D eigenvalue weighted by molar-refractivity contribution is 6.33. The summed E-state index contributed by atoms with van der Waals surface area (Å²) < 4.78 is 4.82. The molecule has 6 nitrogen and oxygen atoms in total. The number of ether oxygens (including phenoxy) is 1. The predicted octanol–water partition coefficient (Wildman–Crippen LogP) is 1.22. The highest BCUT2D eigenvalue weighted by Crippen LogP contribution is 2.36. The first-order chi connectivity index (χ1) is 9.37. The van der Waals surface area contributed by atoms with E-state index in [0.29, 0.717) is 30.4 Å². The molecule has 20 heavy (non-hydrogen) atoms. The van der Waals surface area contributed by atoms with E-state index >= 15 is 0 Å². The third-order valence-electron chi connectivity index (χ3n) is 3.56. The predicted molar refractivity (Wildman–Crippen MR) is 74.7 cm³/mol. The van der Waals surface area contributed by atoms with E-state index in [1.165, 1.54) is 19.4 Å². The molecule has 2 N–H and O–H groups in total. The summed E-state index contributed by atoms with van der Waals surface area (Å²) in [7, 11) is 1.38. The molecular formula is C13H16ClN3O3. The van der Waals surface area contributed by atoms with E-state index in [0.717, 1.165) is 0 Å². The van der Waals surface area contributed by atoms with Crippen molar-refractivity contribution in [2.45, 2.75) is 13.3 Å². The van der Waals surface area contributed by atoms with E-state index in [2.05, 4.69) is 4.98 Å². The summed E-state index contributed by atoms with van der Waals surface area (Å²) in [6.07, 6.45) is 2.05. The van der Waals surface area contributed by atoms with Gasteiger partial charge >= 0.3 is 5.97 Å². The molecule has 0 bridgehead atoms. The highest BCUT2D eigenvalue weighted by Gasteiger charge is 2.42. The van der Waals surface area contributed by atoms with Crippen LogP contribution in [0.1, 0.15) is 23.7 Å². The Bertz CT molecular complexity index is 564. The van der Waals surface area contributed by atoms with Gasteiger partial charge in [-0.3, -0.25) is 9.59 Å². The number of rotatable bonds is 3. The molecule has 7 heteroatoms. The Balaban J connectivity index is 2.22. The van der Waals surface area contributed by atoms with Crippen LogP contribution in [0.4, 0.5) is 5.82 Å². The Labute approximate surface area is 121 Å². The van der Waals surface area contributed by atoms with Crippen molar-refractivity contribution in [2.24, 2.45) is 11.1 Å². The van der Waals surface area contributed by atoms with Crippen LogP contribution in [0.5, 0.6) is 0 Å². The van der Waals surface area contributed by atoms with Gasteiger partial charge in [0.1, 0.15) is 5.82 Å². The number of nitrogens with two attached hydrogens (primary N) is 1. The Morgan fingerprint density at radius 2 is 2.25 bits per heavy atom. The number of carbonyl (C=O) groups is 2. The standard InChI is InChI=1S/C13H16ClN3O3/c1-13(12(19)20-2)3-4-17(7-13)11-9(14)5-8(6-16-11)10(15)18/h5-6H,3-4,7H2,1-2H3,(H2,15,18). The van der Waals surface area contributed by atoms with Crippen LogP contribution in [0.3, 0.4) is 0 Å². The first-order valence-electron chi connectivity index (χ1n) is 6.16. The normalized spacial score (nSPS) is 21.9. The summed E-state index contributed by atoms with van der Waals surface area (Å²) in [6.45, 7) is 2.97. The van der Waals surface area contributed by atoms with E-state index in [-0.39, 0.29) is 11.5 Å². The van der Waals surface area contributed by atoms with Crippen LogP contribution in [0.15, 0.2) is 12.3 Å². The number of amides is 1. The van der Waals surface area contributed by atoms with Gasteiger partial charge in [-0.05, 0) is 19.4 Å². The molecule has 0 aliphatic carbocycles. The molecule has 1 aromatic rings. The lowest BCUT2D eigenvalue weighted by atomic mass is 9.90. The van der Waals surface area contributed by atoms with Crippen molar-refractivity contribution in [3.8, 4) is 0 Å². The molecule has 0 spiro atoms. The maximum absolute atomic E-state index is 11.8. The third-order valence-corrected chi connectivity index (χ3v) is 3.84. The van der Waals surface area contributed by atoms with E-state index < -0.39 is 11.3 Å². The Kier molecular flexibility index (Phi) is 3.85. The SMILES string of the molecule is COC(=O)C1(C)CCN(c2ncc(C(N)=O)cc2Cl)C1. The summed E-state index contributed by atoms with van der Waals surface area (Å²) in [6, 6.07) is 1.49. The van der Waals surface area contributed by atoms with Crippen LogP contribution in [-0.4, -0.2) is 37.1 Å². The quantitative estimate of drug-likeness (QED) is 0.848. The number of hydrogen-bond donors (Lipinski definition) is 1. The largest absolute Gasteiger partial charge is 0.469 e. The number of halogens is 1. The van der Waals surface area contributed by atoms with E-state index in [4.69, 9.17) is 22.1 Å². The molecule has 108 valence electrons. The highest BCUT2D eigenvalue weighted by atomic mass is 35.5. The first-order valence-corrected chi connectivity index (χ1v) is 6.54. The zero-order chi connectivity index (χ0) is 14.9. The molecule has 1 aliphatic rings. The summed E-state index contributed by atoms with van der Waals surface area (Å²) in [4.78, 5) is 28.9. The minimum absolute atomic E-state index is 0.245. The monoisotopic (exact) mass is 297 g/mol. The molecule has 0 aromatic carbocycles. The fourth-order valence-electron chi connectivity index (χ4n) is 2.35. The molecular weight excluding hydrogens is 282 g/mol. The fourth-order valence-corrected chi connectivity index (χ4v) is 2.64. The smallest absolute Gasteiger partial charge is 0.313 e. The summed E-state index contributed by atoms with van der Waals surface area (Å²) in [5.41, 5.74) is 4.87. The van der Waals surface area contributed by atoms with Gasteiger partial charge in [0.25, 0.3) is 0 Å². The summed E-state index contributed by atoms with van der Waals surface area (Å²) in [5.74, 6) is -0.277. The molecule has 1 amide bonds. The van der Waals surface area contributed by atoms with Gasteiger partial charge in [0.05, 0.1) is 23.1 Å². The van der Waals surface area contributed by atoms with Crippen LogP contribution >= 0.6 is 11.6 Å². The Morgan fingerprint density at radius 3 is 2.80 bits per heavy atom. The number of nitrogens with zero attached hydrogens (tertiary/aromatic N) is 2. The number of anilines is 1. The van der Waals surface area contributed by atoms with Gasteiger partial charge in [-0.15, -0.1) is 0 Å². The van der Waals surface area contributed by atoms with Crippen LogP contribution in [0.2, 0.25) is 5.02 Å². The van der Waals surface area contributed by atoms with Crippen molar-refractivity contribution in [1.82, 2.24) is 4.98 Å². The zero-order valence-corrected chi connectivity index (χ0v) is 12.1. The maximum atomic E-state index is 11.8. The molecule has 1 aliphatic heterocycles. The van der Waals surface area contributed by atoms with Crippen molar-refractivity contribution in [3.05, 3.63) is 22.8 Å². The van der Waals surface area contributed by atoms with Crippen molar-refractivity contribution in [2.75, 3.05) is 25.1 Å². The first kappa shape index (κ1) is 14.6. The lowest BCUT2D eigenvalue weighted by Crippen LogP contribution is -2.33. The van der Waals surface area contributed by atoms with Crippen molar-refractivity contribution in [3.63, 3.8) is 0 Å². The minimum Gasteiger partial charge on any atom is -0.469 e. The Hall–Kier alpha value is -1.82. The van der Waals surface area contributed by atoms with Gasteiger partial charge in [-0.25, -0.2) is 4.98 Å². The van der Waals surface area contributed by atoms with Gasteiger partial charge in [-0.2, -0.15) is 0 Å². The lowest BCUT2D eigenvalue weighted by Gasteiger charge is -2.23. The van der Waals surface area contributed by atoms with Gasteiger partial charge < -0.3 is 15.4 Å². The number of pyridine rings is 1. The Morgan fingerprint density at radius 1 is 1.55 bits per heavy atom. The van der Waals surface area contributed by atoms with Gasteiger partial charge in [0.2, 0.25) is 5.91 Å². The van der Waals surface area contributed by atoms with Crippen LogP contribution < -0.4 is 10.6 Å². The van der Waals surface area contributed by atoms with Crippen LogP contribution in [-0.2, 0) is 9.53 Å².